The van der Waals surface area contributed by atoms with Gasteiger partial charge in [-0.15, -0.1) is 0 Å². The largest absolute Gasteiger partial charge is 0.488 e. The number of aliphatic hydroxyl groups excluding tert-OH is 1. The van der Waals surface area contributed by atoms with Gasteiger partial charge in [-0.25, -0.2) is 12.8 Å². The second-order valence-corrected chi connectivity index (χ2v) is 9.73. The average Bonchev–Trinajstić information content (AvgIpc) is 3.22. The second-order valence-electron chi connectivity index (χ2n) is 7.45. The third kappa shape index (κ3) is 6.12. The Morgan fingerprint density at radius 1 is 1.18 bits per heavy atom. The number of aryl methyl sites for hydroxylation is 1. The van der Waals surface area contributed by atoms with Crippen LogP contribution >= 0.6 is 0 Å². The molecule has 1 heterocycles. The Labute approximate surface area is 197 Å². The zero-order chi connectivity index (χ0) is 24.9. The summed E-state index contributed by atoms with van der Waals surface area (Å²) in [6.45, 7) is 3.06. The van der Waals surface area contributed by atoms with E-state index in [0.29, 0.717) is 12.2 Å². The molecule has 1 aromatic heterocycles. The Kier molecular flexibility index (Phi) is 7.90. The fourth-order valence-corrected chi connectivity index (χ4v) is 3.89. The van der Waals surface area contributed by atoms with E-state index >= 15 is 0 Å². The Bertz CT molecular complexity index is 1270. The molecule has 0 aliphatic heterocycles. The van der Waals surface area contributed by atoms with Gasteiger partial charge < -0.3 is 19.9 Å². The number of halogens is 1. The zero-order valence-electron chi connectivity index (χ0n) is 19.0. The summed E-state index contributed by atoms with van der Waals surface area (Å²) in [6, 6.07) is 9.29. The first-order valence-corrected chi connectivity index (χ1v) is 12.2. The highest BCUT2D eigenvalue weighted by atomic mass is 32.2. The van der Waals surface area contributed by atoms with Gasteiger partial charge in [-0.05, 0) is 36.8 Å². The van der Waals surface area contributed by atoms with E-state index in [0.717, 1.165) is 6.07 Å². The lowest BCUT2D eigenvalue weighted by molar-refractivity contribution is 0.102. The number of aliphatic hydroxyl groups is 1. The number of nitrogens with one attached hydrogen (secondary N) is 1. The van der Waals surface area contributed by atoms with E-state index in [1.54, 1.807) is 19.3 Å². The number of benzene rings is 2. The van der Waals surface area contributed by atoms with E-state index in [2.05, 4.69) is 10.4 Å². The first-order chi connectivity index (χ1) is 16.1. The van der Waals surface area contributed by atoms with Crippen LogP contribution in [0.1, 0.15) is 30.6 Å². The molecule has 1 atom stereocenters. The van der Waals surface area contributed by atoms with Crippen molar-refractivity contribution in [3.8, 4) is 17.2 Å². The van der Waals surface area contributed by atoms with Crippen molar-refractivity contribution in [1.29, 1.82) is 0 Å². The lowest BCUT2D eigenvalue weighted by Gasteiger charge is -2.17. The highest BCUT2D eigenvalue weighted by Gasteiger charge is 2.18. The predicted molar refractivity (Wildman–Crippen MR) is 124 cm³/mol. The molecule has 11 heteroatoms. The summed E-state index contributed by atoms with van der Waals surface area (Å²) in [6.07, 6.45) is 1.67. The number of aromatic nitrogens is 2. The zero-order valence-corrected chi connectivity index (χ0v) is 19.8. The van der Waals surface area contributed by atoms with Crippen molar-refractivity contribution < 1.29 is 32.2 Å². The molecule has 3 rings (SSSR count). The Balaban J connectivity index is 1.93. The second kappa shape index (κ2) is 10.7. The Morgan fingerprint density at radius 3 is 2.50 bits per heavy atom. The standard InChI is InChI=1S/C23H26FN3O6S/c1-4-16(14-28)32-17-10-15(23(29)25-22-8-9-27(3)26-22)11-18(12-17)33-21-7-6-19(13-20(21)24)34(30,31)5-2/h6-13,16,28H,4-5,14H2,1-3H3,(H,25,26,29)/t16-/m0/s1. The van der Waals surface area contributed by atoms with E-state index in [1.165, 1.54) is 41.9 Å². The highest BCUT2D eigenvalue weighted by molar-refractivity contribution is 7.91. The summed E-state index contributed by atoms with van der Waals surface area (Å²) in [5, 5.41) is 16.2. The van der Waals surface area contributed by atoms with E-state index in [4.69, 9.17) is 9.47 Å². The molecule has 0 fully saturated rings. The van der Waals surface area contributed by atoms with Gasteiger partial charge in [0.15, 0.2) is 27.2 Å². The van der Waals surface area contributed by atoms with Crippen LogP contribution in [0.25, 0.3) is 0 Å². The van der Waals surface area contributed by atoms with Crippen LogP contribution in [0.15, 0.2) is 53.6 Å². The third-order valence-corrected chi connectivity index (χ3v) is 6.66. The molecule has 0 bridgehead atoms. The summed E-state index contributed by atoms with van der Waals surface area (Å²) in [4.78, 5) is 12.6. The van der Waals surface area contributed by atoms with Gasteiger partial charge in [-0.1, -0.05) is 13.8 Å². The van der Waals surface area contributed by atoms with Crippen LogP contribution in [0.4, 0.5) is 10.2 Å². The van der Waals surface area contributed by atoms with Crippen LogP contribution in [0.3, 0.4) is 0 Å². The molecule has 0 saturated carbocycles. The number of nitrogens with zero attached hydrogens (tertiary/aromatic N) is 2. The van der Waals surface area contributed by atoms with Gasteiger partial charge in [0.1, 0.15) is 17.6 Å². The molecule has 0 spiro atoms. The smallest absolute Gasteiger partial charge is 0.257 e. The molecule has 2 N–H and O–H groups in total. The molecular formula is C23H26FN3O6S. The Hall–Kier alpha value is -3.44. The highest BCUT2D eigenvalue weighted by Crippen LogP contribution is 2.31. The minimum Gasteiger partial charge on any atom is -0.488 e. The summed E-state index contributed by atoms with van der Waals surface area (Å²) < 4.78 is 51.5. The number of hydrogen-bond donors (Lipinski definition) is 2. The van der Waals surface area contributed by atoms with Gasteiger partial charge in [-0.2, -0.15) is 5.10 Å². The number of anilines is 1. The maximum Gasteiger partial charge on any atom is 0.257 e. The quantitative estimate of drug-likeness (QED) is 0.445. The van der Waals surface area contributed by atoms with Crippen LogP contribution < -0.4 is 14.8 Å². The van der Waals surface area contributed by atoms with Crippen LogP contribution in [0, 0.1) is 5.82 Å². The molecule has 2 aromatic carbocycles. The van der Waals surface area contributed by atoms with Crippen molar-refractivity contribution in [3.05, 3.63) is 60.0 Å². The summed E-state index contributed by atoms with van der Waals surface area (Å²) in [5.41, 5.74) is 0.150. The summed E-state index contributed by atoms with van der Waals surface area (Å²) in [5.74, 6) is -1.11. The fourth-order valence-electron chi connectivity index (χ4n) is 2.99. The number of amides is 1. The topological polar surface area (TPSA) is 120 Å². The number of carbonyl (C=O) groups is 1. The normalized spacial score (nSPS) is 12.3. The summed E-state index contributed by atoms with van der Waals surface area (Å²) in [7, 11) is -1.87. The van der Waals surface area contributed by atoms with E-state index in [9.17, 15) is 22.7 Å². The first-order valence-electron chi connectivity index (χ1n) is 10.6. The van der Waals surface area contributed by atoms with Gasteiger partial charge in [0.25, 0.3) is 5.91 Å². The molecule has 0 aliphatic rings. The van der Waals surface area contributed by atoms with E-state index < -0.39 is 27.7 Å². The minimum atomic E-state index is -3.58. The minimum absolute atomic E-state index is 0.0847. The van der Waals surface area contributed by atoms with Gasteiger partial charge in [0, 0.05) is 30.9 Å². The van der Waals surface area contributed by atoms with Crippen molar-refractivity contribution in [3.63, 3.8) is 0 Å². The predicted octanol–water partition coefficient (Wildman–Crippen LogP) is 3.55. The van der Waals surface area contributed by atoms with E-state index in [1.807, 2.05) is 6.92 Å². The van der Waals surface area contributed by atoms with Crippen molar-refractivity contribution in [2.24, 2.45) is 7.05 Å². The third-order valence-electron chi connectivity index (χ3n) is 4.93. The first kappa shape index (κ1) is 25.2. The lowest BCUT2D eigenvalue weighted by Crippen LogP contribution is -2.20. The van der Waals surface area contributed by atoms with Crippen molar-refractivity contribution in [1.82, 2.24) is 9.78 Å². The molecule has 34 heavy (non-hydrogen) atoms. The fraction of sp³-hybridized carbons (Fsp3) is 0.304. The molecule has 0 unspecified atom stereocenters. The van der Waals surface area contributed by atoms with Crippen LogP contribution in [0.2, 0.25) is 0 Å². The maximum atomic E-state index is 14.6. The monoisotopic (exact) mass is 491 g/mol. The van der Waals surface area contributed by atoms with Gasteiger partial charge in [0.2, 0.25) is 0 Å². The molecule has 9 nitrogen and oxygen atoms in total. The lowest BCUT2D eigenvalue weighted by atomic mass is 10.1. The molecule has 0 radical (unpaired) electrons. The molecule has 3 aromatic rings. The van der Waals surface area contributed by atoms with E-state index in [-0.39, 0.29) is 40.1 Å². The van der Waals surface area contributed by atoms with Crippen molar-refractivity contribution in [2.75, 3.05) is 17.7 Å². The van der Waals surface area contributed by atoms with Crippen LogP contribution in [-0.2, 0) is 16.9 Å². The van der Waals surface area contributed by atoms with Gasteiger partial charge in [-0.3, -0.25) is 9.48 Å². The van der Waals surface area contributed by atoms with Gasteiger partial charge >= 0.3 is 0 Å². The summed E-state index contributed by atoms with van der Waals surface area (Å²) >= 11 is 0. The molecule has 182 valence electrons. The molecular weight excluding hydrogens is 465 g/mol. The Morgan fingerprint density at radius 2 is 1.91 bits per heavy atom. The average molecular weight is 492 g/mol. The number of ether oxygens (including phenoxy) is 2. The number of carbonyl (C=O) groups excluding carboxylic acids is 1. The van der Waals surface area contributed by atoms with Crippen LogP contribution in [0.5, 0.6) is 17.2 Å². The maximum absolute atomic E-state index is 14.6. The SMILES string of the molecule is CC[C@@H](CO)Oc1cc(Oc2ccc(S(=O)(=O)CC)cc2F)cc(C(=O)Nc2ccn(C)n2)c1. The molecule has 0 aliphatic carbocycles. The molecule has 0 saturated heterocycles. The van der Waals surface area contributed by atoms with Crippen LogP contribution in [-0.4, -0.2) is 47.7 Å². The van der Waals surface area contributed by atoms with Crippen molar-refractivity contribution >= 4 is 21.6 Å². The van der Waals surface area contributed by atoms with Gasteiger partial charge in [0.05, 0.1) is 17.3 Å². The number of sulfone groups is 1. The van der Waals surface area contributed by atoms with Crippen molar-refractivity contribution in [2.45, 2.75) is 31.3 Å². The number of hydrogen-bond acceptors (Lipinski definition) is 7. The number of rotatable bonds is 10. The molecule has 1 amide bonds.